The van der Waals surface area contributed by atoms with Crippen LogP contribution >= 0.6 is 0 Å². The lowest BCUT2D eigenvalue weighted by molar-refractivity contribution is -0.178. The number of methoxy groups -OCH3 is 2. The molecule has 7 atom stereocenters. The first kappa shape index (κ1) is 26.9. The average Bonchev–Trinajstić information content (AvgIpc) is 3.21. The lowest BCUT2D eigenvalue weighted by Crippen LogP contribution is -2.61. The Kier molecular flexibility index (Phi) is 6.31. The fourth-order valence-electron chi connectivity index (χ4n) is 8.52. The van der Waals surface area contributed by atoms with Gasteiger partial charge >= 0.3 is 0 Å². The van der Waals surface area contributed by atoms with Crippen molar-refractivity contribution in [1.82, 2.24) is 9.97 Å². The first-order valence-electron chi connectivity index (χ1n) is 13.9. The quantitative estimate of drug-likeness (QED) is 0.556. The van der Waals surface area contributed by atoms with Gasteiger partial charge in [-0.3, -0.25) is 9.59 Å². The number of ketones is 2. The predicted molar refractivity (Wildman–Crippen MR) is 146 cm³/mol. The second-order valence-electron chi connectivity index (χ2n) is 12.2. The molecule has 3 saturated carbocycles. The summed E-state index contributed by atoms with van der Waals surface area (Å²) in [7, 11) is 3.07. The second-order valence-corrected chi connectivity index (χ2v) is 12.2. The number of fused-ring (bicyclic) bond motifs is 6. The van der Waals surface area contributed by atoms with Gasteiger partial charge in [-0.25, -0.2) is 9.97 Å². The number of ether oxygens (including phenoxy) is 3. The van der Waals surface area contributed by atoms with E-state index in [0.29, 0.717) is 41.7 Å². The molecule has 40 heavy (non-hydrogen) atoms. The van der Waals surface area contributed by atoms with Crippen molar-refractivity contribution in [2.45, 2.75) is 57.7 Å². The molecule has 0 radical (unpaired) electrons. The maximum Gasteiger partial charge on any atom is 0.225 e. The maximum absolute atomic E-state index is 13.8. The van der Waals surface area contributed by atoms with Crippen LogP contribution in [0.2, 0.25) is 0 Å². The third-order valence-corrected chi connectivity index (χ3v) is 10.6. The summed E-state index contributed by atoms with van der Waals surface area (Å²) in [6.07, 6.45) is 8.85. The summed E-state index contributed by atoms with van der Waals surface area (Å²) < 4.78 is 16.7. The maximum atomic E-state index is 13.8. The number of allylic oxidation sites excluding steroid dienone is 4. The number of carbonyl (C=O) groups excluding carboxylic acids is 2. The molecule has 1 heterocycles. The summed E-state index contributed by atoms with van der Waals surface area (Å²) in [4.78, 5) is 34.3. The predicted octanol–water partition coefficient (Wildman–Crippen LogP) is 3.60. The highest BCUT2D eigenvalue weighted by Gasteiger charge is 2.68. The molecule has 0 aliphatic heterocycles. The normalized spacial score (nSPS) is 36.4. The summed E-state index contributed by atoms with van der Waals surface area (Å²) >= 11 is 0. The van der Waals surface area contributed by atoms with E-state index in [2.05, 4.69) is 16.9 Å². The van der Waals surface area contributed by atoms with Gasteiger partial charge in [0.15, 0.2) is 23.9 Å². The minimum absolute atomic E-state index is 0.00375. The van der Waals surface area contributed by atoms with Crippen molar-refractivity contribution in [3.8, 4) is 17.4 Å². The number of nitrogens with zero attached hydrogens (tertiary/aromatic N) is 2. The molecule has 2 aromatic rings. The Hall–Kier alpha value is -3.30. The molecule has 6 rings (SSSR count). The van der Waals surface area contributed by atoms with Gasteiger partial charge in [0.2, 0.25) is 11.7 Å². The van der Waals surface area contributed by atoms with E-state index in [1.165, 1.54) is 20.5 Å². The highest BCUT2D eigenvalue weighted by molar-refractivity contribution is 6.01. The Morgan fingerprint density at radius 3 is 2.62 bits per heavy atom. The molecule has 1 aromatic heterocycles. The van der Waals surface area contributed by atoms with Gasteiger partial charge in [-0.15, -0.1) is 0 Å². The van der Waals surface area contributed by atoms with Gasteiger partial charge in [0, 0.05) is 22.8 Å². The first-order chi connectivity index (χ1) is 19.1. The number of hydrogen-bond donors (Lipinski definition) is 2. The lowest BCUT2D eigenvalue weighted by atomic mass is 9.46. The van der Waals surface area contributed by atoms with E-state index in [0.717, 1.165) is 18.4 Å². The van der Waals surface area contributed by atoms with Crippen LogP contribution in [0, 0.1) is 28.6 Å². The molecule has 3 fully saturated rings. The van der Waals surface area contributed by atoms with E-state index >= 15 is 0 Å². The summed E-state index contributed by atoms with van der Waals surface area (Å²) in [5, 5.41) is 24.2. The minimum atomic E-state index is -1.64. The van der Waals surface area contributed by atoms with Gasteiger partial charge in [-0.1, -0.05) is 25.5 Å². The van der Waals surface area contributed by atoms with Gasteiger partial charge in [0.05, 0.1) is 31.2 Å². The van der Waals surface area contributed by atoms with E-state index in [1.54, 1.807) is 24.3 Å². The molecule has 9 heteroatoms. The summed E-state index contributed by atoms with van der Waals surface area (Å²) in [5.41, 5.74) is -1.19. The van der Waals surface area contributed by atoms with Gasteiger partial charge in [0.1, 0.15) is 11.9 Å². The van der Waals surface area contributed by atoms with Crippen LogP contribution in [0.5, 0.6) is 17.4 Å². The van der Waals surface area contributed by atoms with Crippen LogP contribution in [-0.2, 0) is 9.59 Å². The Balaban J connectivity index is 1.25. The summed E-state index contributed by atoms with van der Waals surface area (Å²) in [6, 6.07) is 3.41. The SMILES string of the molecule is COc1cc2ncnc(OCC(=O)[C@@]3(O)CCC4C5CCC6=CC(=O)C=CC6(C)C5C(O)CC43C)c2cc1OC. The third-order valence-electron chi connectivity index (χ3n) is 10.6. The van der Waals surface area contributed by atoms with E-state index < -0.39 is 28.3 Å². The number of aliphatic hydroxyl groups is 2. The zero-order chi connectivity index (χ0) is 28.4. The van der Waals surface area contributed by atoms with Crippen LogP contribution in [-0.4, -0.2) is 64.3 Å². The fourth-order valence-corrected chi connectivity index (χ4v) is 8.52. The number of Topliss-reactive ketones (excluding diaryl/α,β-unsaturated/α-hetero) is 1. The van der Waals surface area contributed by atoms with Crippen molar-refractivity contribution in [3.63, 3.8) is 0 Å². The van der Waals surface area contributed by atoms with Crippen molar-refractivity contribution in [2.75, 3.05) is 20.8 Å². The highest BCUT2D eigenvalue weighted by Crippen LogP contribution is 2.67. The molecule has 0 saturated heterocycles. The largest absolute Gasteiger partial charge is 0.493 e. The van der Waals surface area contributed by atoms with E-state index in [1.807, 2.05) is 13.0 Å². The minimum Gasteiger partial charge on any atom is -0.493 e. The molecule has 6 unspecified atom stereocenters. The smallest absolute Gasteiger partial charge is 0.225 e. The Morgan fingerprint density at radius 1 is 1.12 bits per heavy atom. The molecule has 4 aliphatic rings. The van der Waals surface area contributed by atoms with Gasteiger partial charge in [-0.2, -0.15) is 0 Å². The van der Waals surface area contributed by atoms with Crippen molar-refractivity contribution in [2.24, 2.45) is 28.6 Å². The van der Waals surface area contributed by atoms with Gasteiger partial charge in [0.25, 0.3) is 0 Å². The zero-order valence-corrected chi connectivity index (χ0v) is 23.3. The van der Waals surface area contributed by atoms with Crippen LogP contribution in [0.4, 0.5) is 0 Å². The Bertz CT molecular complexity index is 1450. The van der Waals surface area contributed by atoms with Crippen LogP contribution < -0.4 is 14.2 Å². The zero-order valence-electron chi connectivity index (χ0n) is 23.3. The van der Waals surface area contributed by atoms with Crippen LogP contribution in [0.1, 0.15) is 46.0 Å². The number of rotatable bonds is 6. The van der Waals surface area contributed by atoms with Crippen molar-refractivity contribution in [1.29, 1.82) is 0 Å². The molecule has 9 nitrogen and oxygen atoms in total. The molecule has 1 aromatic carbocycles. The van der Waals surface area contributed by atoms with Crippen molar-refractivity contribution >= 4 is 22.5 Å². The van der Waals surface area contributed by atoms with Crippen LogP contribution in [0.25, 0.3) is 10.9 Å². The molecule has 0 bridgehead atoms. The molecule has 4 aliphatic carbocycles. The standard InChI is InChI=1S/C31H36N2O7/c1-29-9-7-18(34)11-17(29)5-6-19-21-8-10-31(37,30(21,2)14-23(35)27(19)29)26(36)15-40-28-20-12-24(38-3)25(39-4)13-22(20)32-16-33-28/h7,9,11-13,16,19,21,23,27,35,37H,5-6,8,10,14-15H2,1-4H3/t19?,21?,23?,27?,29?,30?,31-/m0/s1. The van der Waals surface area contributed by atoms with Crippen LogP contribution in [0.15, 0.2) is 42.3 Å². The summed E-state index contributed by atoms with van der Waals surface area (Å²) in [6.45, 7) is 3.70. The van der Waals surface area contributed by atoms with Crippen molar-refractivity contribution in [3.05, 3.63) is 42.3 Å². The number of hydrogen-bond acceptors (Lipinski definition) is 9. The van der Waals surface area contributed by atoms with E-state index in [9.17, 15) is 19.8 Å². The molecule has 0 amide bonds. The third kappa shape index (κ3) is 3.74. The van der Waals surface area contributed by atoms with Crippen LogP contribution in [0.3, 0.4) is 0 Å². The van der Waals surface area contributed by atoms with E-state index in [4.69, 9.17) is 14.2 Å². The lowest BCUT2D eigenvalue weighted by Gasteiger charge is -2.59. The molecular formula is C31H36N2O7. The second kappa shape index (κ2) is 9.38. The topological polar surface area (TPSA) is 128 Å². The monoisotopic (exact) mass is 548 g/mol. The Morgan fingerprint density at radius 2 is 1.88 bits per heavy atom. The number of aromatic nitrogens is 2. The van der Waals surface area contributed by atoms with Gasteiger partial charge < -0.3 is 24.4 Å². The number of carbonyl (C=O) groups is 2. The Labute approximate surface area is 233 Å². The molecule has 212 valence electrons. The first-order valence-corrected chi connectivity index (χ1v) is 13.9. The van der Waals surface area contributed by atoms with Crippen molar-refractivity contribution < 1.29 is 34.0 Å². The fraction of sp³-hybridized carbons (Fsp3) is 0.548. The highest BCUT2D eigenvalue weighted by atomic mass is 16.5. The van der Waals surface area contributed by atoms with Gasteiger partial charge in [-0.05, 0) is 62.2 Å². The van der Waals surface area contributed by atoms with E-state index in [-0.39, 0.29) is 36.0 Å². The summed E-state index contributed by atoms with van der Waals surface area (Å²) in [5.74, 6) is 0.914. The molecule has 0 spiro atoms. The average molecular weight is 549 g/mol. The molecular weight excluding hydrogens is 512 g/mol. The molecule has 2 N–H and O–H groups in total. The number of aliphatic hydroxyl groups excluding tert-OH is 1. The number of benzene rings is 1.